The maximum Gasteiger partial charge on any atom is 0.451 e. The second-order valence-electron chi connectivity index (χ2n) is 12.5. The molecule has 2 aromatic rings. The zero-order valence-corrected chi connectivity index (χ0v) is 27.7. The SMILES string of the molecule is N#Cc1ccc(CCNC(=O)[C@@H]2CCN2c2cc(N3CCC(CCCC(=O)N[C@@H](CCCN=C(N)N)C(=O)O)CC3)nc(C(F)(F)F)n2)cc1. The number of halogens is 3. The smallest absolute Gasteiger partial charge is 0.451 e. The standard InChI is InChI=1S/C33H43F3N10O4/c34-33(35,36)31-43-26(19-27(44-31)46-18-13-25(46)29(48)40-15-10-22-6-8-23(20-37)9-7-22)45-16-11-21(12-17-45)3-1-5-28(47)42-24(30(49)50)4-2-14-41-32(38)39/h6-9,19,21,24-25H,1-5,10-18H2,(H,40,48)(H,42,47)(H,49,50)(H4,38,39,41)/t24-,25-/m0/s1. The Balaban J connectivity index is 1.27. The maximum absolute atomic E-state index is 13.9. The van der Waals surface area contributed by atoms with Crippen LogP contribution in [0.5, 0.6) is 0 Å². The van der Waals surface area contributed by atoms with E-state index < -0.39 is 30.1 Å². The maximum atomic E-state index is 13.9. The number of nitriles is 1. The summed E-state index contributed by atoms with van der Waals surface area (Å²) in [4.78, 5) is 51.7. The van der Waals surface area contributed by atoms with Crippen molar-refractivity contribution >= 4 is 35.4 Å². The van der Waals surface area contributed by atoms with E-state index in [-0.39, 0.29) is 54.7 Å². The molecule has 0 radical (unpaired) electrons. The summed E-state index contributed by atoms with van der Waals surface area (Å²) in [7, 11) is 0. The van der Waals surface area contributed by atoms with Crippen molar-refractivity contribution in [2.45, 2.75) is 76.0 Å². The highest BCUT2D eigenvalue weighted by Gasteiger charge is 2.40. The third-order valence-electron chi connectivity index (χ3n) is 8.90. The molecule has 270 valence electrons. The molecule has 0 unspecified atom stereocenters. The van der Waals surface area contributed by atoms with Crippen LogP contribution in [0.15, 0.2) is 35.3 Å². The molecule has 2 saturated heterocycles. The number of carboxylic acid groups (broad SMARTS) is 1. The number of carbonyl (C=O) groups is 3. The summed E-state index contributed by atoms with van der Waals surface area (Å²) in [6, 6.07) is 8.88. The second kappa shape index (κ2) is 17.5. The number of alkyl halides is 3. The molecule has 2 aliphatic heterocycles. The first kappa shape index (κ1) is 37.7. The van der Waals surface area contributed by atoms with Crippen molar-refractivity contribution in [1.29, 1.82) is 5.26 Å². The van der Waals surface area contributed by atoms with Crippen molar-refractivity contribution in [3.8, 4) is 6.07 Å². The number of aliphatic carboxylic acids is 1. The van der Waals surface area contributed by atoms with Gasteiger partial charge in [-0.25, -0.2) is 14.8 Å². The molecule has 1 aromatic heterocycles. The van der Waals surface area contributed by atoms with Crippen LogP contribution in [0.1, 0.15) is 68.3 Å². The number of nitrogens with one attached hydrogen (secondary N) is 2. The molecule has 0 bridgehead atoms. The molecule has 0 aliphatic carbocycles. The van der Waals surface area contributed by atoms with Crippen LogP contribution < -0.4 is 31.9 Å². The highest BCUT2D eigenvalue weighted by molar-refractivity contribution is 5.87. The van der Waals surface area contributed by atoms with Crippen molar-refractivity contribution in [3.63, 3.8) is 0 Å². The lowest BCUT2D eigenvalue weighted by Crippen LogP contribution is -2.57. The molecule has 0 saturated carbocycles. The number of rotatable bonds is 16. The molecule has 4 rings (SSSR count). The van der Waals surface area contributed by atoms with Gasteiger partial charge in [-0.2, -0.15) is 18.4 Å². The Labute approximate surface area is 288 Å². The fourth-order valence-corrected chi connectivity index (χ4v) is 6.02. The third-order valence-corrected chi connectivity index (χ3v) is 8.90. The number of guanidine groups is 1. The largest absolute Gasteiger partial charge is 0.480 e. The van der Waals surface area contributed by atoms with Gasteiger partial charge in [-0.1, -0.05) is 12.1 Å². The van der Waals surface area contributed by atoms with Gasteiger partial charge in [0.25, 0.3) is 0 Å². The summed E-state index contributed by atoms with van der Waals surface area (Å²) in [6.07, 6.45) is -0.425. The van der Waals surface area contributed by atoms with Crippen LogP contribution in [0.3, 0.4) is 0 Å². The molecule has 17 heteroatoms. The van der Waals surface area contributed by atoms with E-state index in [1.807, 2.05) is 12.1 Å². The molecule has 1 aromatic carbocycles. The van der Waals surface area contributed by atoms with Crippen LogP contribution in [0.4, 0.5) is 24.8 Å². The molecule has 0 spiro atoms. The van der Waals surface area contributed by atoms with Crippen LogP contribution in [-0.4, -0.2) is 83.6 Å². The number of nitrogens with zero attached hydrogens (tertiary/aromatic N) is 6. The minimum Gasteiger partial charge on any atom is -0.480 e. The summed E-state index contributed by atoms with van der Waals surface area (Å²) in [6.45, 7) is 1.89. The van der Waals surface area contributed by atoms with Crippen molar-refractivity contribution in [2.75, 3.05) is 42.5 Å². The summed E-state index contributed by atoms with van der Waals surface area (Å²) >= 11 is 0. The number of hydrogen-bond acceptors (Lipinski definition) is 9. The van der Waals surface area contributed by atoms with Gasteiger partial charge in [0.05, 0.1) is 11.6 Å². The van der Waals surface area contributed by atoms with Crippen LogP contribution >= 0.6 is 0 Å². The van der Waals surface area contributed by atoms with Gasteiger partial charge in [0, 0.05) is 45.2 Å². The number of hydrogen-bond donors (Lipinski definition) is 5. The number of carbonyl (C=O) groups excluding carboxylic acids is 2. The Morgan fingerprint density at radius 3 is 2.36 bits per heavy atom. The second-order valence-corrected chi connectivity index (χ2v) is 12.5. The molecule has 2 aliphatic rings. The monoisotopic (exact) mass is 700 g/mol. The Bertz CT molecular complexity index is 1550. The molecule has 2 amide bonds. The van der Waals surface area contributed by atoms with E-state index >= 15 is 0 Å². The van der Waals surface area contributed by atoms with Gasteiger partial charge in [0.15, 0.2) is 5.96 Å². The van der Waals surface area contributed by atoms with Crippen LogP contribution in [-0.2, 0) is 27.0 Å². The first-order chi connectivity index (χ1) is 23.8. The number of piperidine rings is 1. The summed E-state index contributed by atoms with van der Waals surface area (Å²) in [5.41, 5.74) is 12.0. The summed E-state index contributed by atoms with van der Waals surface area (Å²) in [5, 5.41) is 23.8. The zero-order chi connectivity index (χ0) is 36.3. The predicted molar refractivity (Wildman–Crippen MR) is 179 cm³/mol. The van der Waals surface area contributed by atoms with Gasteiger partial charge in [-0.3, -0.25) is 14.6 Å². The number of carboxylic acids is 1. The van der Waals surface area contributed by atoms with Crippen molar-refractivity contribution < 1.29 is 32.7 Å². The fraction of sp³-hybridized carbons (Fsp3) is 0.545. The third kappa shape index (κ3) is 10.9. The number of amides is 2. The van der Waals surface area contributed by atoms with Crippen LogP contribution in [0, 0.1) is 17.2 Å². The first-order valence-corrected chi connectivity index (χ1v) is 16.7. The topological polar surface area (TPSA) is 216 Å². The number of aromatic nitrogens is 2. The van der Waals surface area contributed by atoms with Crippen LogP contribution in [0.2, 0.25) is 0 Å². The van der Waals surface area contributed by atoms with Gasteiger partial charge in [0.2, 0.25) is 17.6 Å². The Morgan fingerprint density at radius 1 is 1.06 bits per heavy atom. The van der Waals surface area contributed by atoms with Gasteiger partial charge in [0.1, 0.15) is 23.7 Å². The Kier molecular flexibility index (Phi) is 13.2. The Hall–Kier alpha value is -5.14. The molecule has 7 N–H and O–H groups in total. The van der Waals surface area contributed by atoms with E-state index in [4.69, 9.17) is 16.7 Å². The molecular weight excluding hydrogens is 657 g/mol. The highest BCUT2D eigenvalue weighted by atomic mass is 19.4. The molecule has 14 nitrogen and oxygen atoms in total. The van der Waals surface area contributed by atoms with Crippen LogP contribution in [0.25, 0.3) is 0 Å². The number of anilines is 2. The molecular formula is C33H43F3N10O4. The summed E-state index contributed by atoms with van der Waals surface area (Å²) < 4.78 is 41.7. The lowest BCUT2D eigenvalue weighted by molar-refractivity contribution is -0.145. The number of nitrogens with two attached hydrogens (primary N) is 2. The average molecular weight is 701 g/mol. The van der Waals surface area contributed by atoms with Gasteiger partial charge < -0.3 is 37.0 Å². The van der Waals surface area contributed by atoms with Crippen molar-refractivity contribution in [2.24, 2.45) is 22.4 Å². The Morgan fingerprint density at radius 2 is 1.76 bits per heavy atom. The molecule has 2 fully saturated rings. The molecule has 2 atom stereocenters. The quantitative estimate of drug-likeness (QED) is 0.0973. The minimum absolute atomic E-state index is 0.0462. The lowest BCUT2D eigenvalue weighted by Gasteiger charge is -2.41. The first-order valence-electron chi connectivity index (χ1n) is 16.7. The zero-order valence-electron chi connectivity index (χ0n) is 27.7. The van der Waals surface area contributed by atoms with Gasteiger partial charge in [-0.05, 0) is 75.0 Å². The number of aliphatic imine (C=N–C) groups is 1. The average Bonchev–Trinajstić information content (AvgIpc) is 3.05. The van der Waals surface area contributed by atoms with E-state index in [1.54, 1.807) is 21.9 Å². The van der Waals surface area contributed by atoms with E-state index in [2.05, 4.69) is 31.7 Å². The highest BCUT2D eigenvalue weighted by Crippen LogP contribution is 2.34. The normalized spacial score (nSPS) is 16.9. The summed E-state index contributed by atoms with van der Waals surface area (Å²) in [5.74, 6) is -2.72. The van der Waals surface area contributed by atoms with E-state index in [0.717, 1.165) is 5.56 Å². The van der Waals surface area contributed by atoms with E-state index in [0.29, 0.717) is 76.7 Å². The van der Waals surface area contributed by atoms with Gasteiger partial charge in [-0.15, -0.1) is 0 Å². The fourth-order valence-electron chi connectivity index (χ4n) is 6.02. The molecule has 3 heterocycles. The predicted octanol–water partition coefficient (Wildman–Crippen LogP) is 2.31. The minimum atomic E-state index is -4.78. The van der Waals surface area contributed by atoms with Gasteiger partial charge >= 0.3 is 12.1 Å². The molecule has 50 heavy (non-hydrogen) atoms. The lowest BCUT2D eigenvalue weighted by atomic mass is 9.91. The van der Waals surface area contributed by atoms with Crippen molar-refractivity contribution in [3.05, 3.63) is 47.3 Å². The number of benzene rings is 1. The van der Waals surface area contributed by atoms with Crippen molar-refractivity contribution in [1.82, 2.24) is 20.6 Å². The van der Waals surface area contributed by atoms with E-state index in [1.165, 1.54) is 6.07 Å². The van der Waals surface area contributed by atoms with E-state index in [9.17, 15) is 32.7 Å².